The van der Waals surface area contributed by atoms with E-state index in [-0.39, 0.29) is 11.9 Å². The van der Waals surface area contributed by atoms with Crippen molar-refractivity contribution >= 4 is 12.3 Å². The Kier molecular flexibility index (Phi) is 3.70. The van der Waals surface area contributed by atoms with Crippen molar-refractivity contribution < 1.29 is 14.7 Å². The lowest BCUT2D eigenvalue weighted by atomic mass is 10.1. The first-order chi connectivity index (χ1) is 6.27. The number of rotatable bonds is 3. The second-order valence-corrected chi connectivity index (χ2v) is 3.10. The molecule has 0 saturated carbocycles. The number of carbonyl (C=O) groups excluding carboxylic acids is 2. The zero-order valence-corrected chi connectivity index (χ0v) is 7.40. The van der Waals surface area contributed by atoms with Gasteiger partial charge in [0.1, 0.15) is 6.61 Å². The fraction of sp³-hybridized carbons (Fsp3) is 0.750. The van der Waals surface area contributed by atoms with Gasteiger partial charge in [-0.2, -0.15) is 0 Å². The molecule has 5 nitrogen and oxygen atoms in total. The highest BCUT2D eigenvalue weighted by atomic mass is 16.3. The maximum Gasteiger partial charge on any atom is 0.248 e. The molecular weight excluding hydrogens is 172 g/mol. The minimum Gasteiger partial charge on any atom is -0.387 e. The quantitative estimate of drug-likeness (QED) is 0.539. The van der Waals surface area contributed by atoms with Gasteiger partial charge in [-0.3, -0.25) is 9.59 Å². The Morgan fingerprint density at radius 2 is 2.15 bits per heavy atom. The molecule has 5 heteroatoms. The Labute approximate surface area is 76.7 Å². The van der Waals surface area contributed by atoms with Crippen LogP contribution in [0.4, 0.5) is 0 Å². The zero-order valence-electron chi connectivity index (χ0n) is 7.40. The molecule has 1 fully saturated rings. The molecule has 0 spiro atoms. The van der Waals surface area contributed by atoms with Crippen molar-refractivity contribution in [3.63, 3.8) is 0 Å². The summed E-state index contributed by atoms with van der Waals surface area (Å²) in [6, 6.07) is 0.181. The number of aliphatic hydroxyl groups excluding tert-OH is 1. The number of hydrogen-bond donors (Lipinski definition) is 2. The molecule has 0 unspecified atom stereocenters. The Morgan fingerprint density at radius 1 is 1.54 bits per heavy atom. The number of amides is 2. The van der Waals surface area contributed by atoms with Gasteiger partial charge in [0.2, 0.25) is 12.3 Å². The fourth-order valence-electron chi connectivity index (χ4n) is 1.49. The van der Waals surface area contributed by atoms with Crippen LogP contribution in [0.2, 0.25) is 0 Å². The van der Waals surface area contributed by atoms with E-state index in [0.717, 1.165) is 12.8 Å². The van der Waals surface area contributed by atoms with Gasteiger partial charge in [-0.25, -0.2) is 0 Å². The number of hydrogen-bond acceptors (Lipinski definition) is 3. The number of aliphatic hydroxyl groups is 1. The van der Waals surface area contributed by atoms with Crippen molar-refractivity contribution in [3.05, 3.63) is 0 Å². The first-order valence-corrected chi connectivity index (χ1v) is 4.36. The highest BCUT2D eigenvalue weighted by Gasteiger charge is 2.21. The van der Waals surface area contributed by atoms with E-state index in [9.17, 15) is 9.59 Å². The third-order valence-corrected chi connectivity index (χ3v) is 2.29. The first-order valence-electron chi connectivity index (χ1n) is 4.36. The third-order valence-electron chi connectivity index (χ3n) is 2.29. The molecule has 0 aliphatic carbocycles. The fourth-order valence-corrected chi connectivity index (χ4v) is 1.49. The maximum absolute atomic E-state index is 11.0. The molecule has 0 aromatic heterocycles. The Morgan fingerprint density at radius 3 is 2.62 bits per heavy atom. The van der Waals surface area contributed by atoms with Crippen LogP contribution in [0.1, 0.15) is 12.8 Å². The van der Waals surface area contributed by atoms with Crippen molar-refractivity contribution in [2.24, 2.45) is 0 Å². The van der Waals surface area contributed by atoms with Crippen molar-refractivity contribution in [1.82, 2.24) is 10.2 Å². The largest absolute Gasteiger partial charge is 0.387 e. The summed E-state index contributed by atoms with van der Waals surface area (Å²) < 4.78 is 0. The van der Waals surface area contributed by atoms with Crippen LogP contribution in [-0.2, 0) is 9.59 Å². The van der Waals surface area contributed by atoms with E-state index in [0.29, 0.717) is 19.5 Å². The number of nitrogens with zero attached hydrogens (tertiary/aromatic N) is 1. The molecule has 1 aliphatic heterocycles. The molecule has 2 amide bonds. The van der Waals surface area contributed by atoms with Crippen LogP contribution in [0.5, 0.6) is 0 Å². The summed E-state index contributed by atoms with van der Waals surface area (Å²) in [5.41, 5.74) is 0. The predicted molar refractivity (Wildman–Crippen MR) is 45.9 cm³/mol. The zero-order chi connectivity index (χ0) is 9.68. The summed E-state index contributed by atoms with van der Waals surface area (Å²) >= 11 is 0. The van der Waals surface area contributed by atoms with E-state index in [1.165, 1.54) is 0 Å². The van der Waals surface area contributed by atoms with Crippen molar-refractivity contribution in [3.8, 4) is 0 Å². The molecule has 0 aromatic carbocycles. The van der Waals surface area contributed by atoms with E-state index in [1.54, 1.807) is 4.90 Å². The third kappa shape index (κ3) is 2.69. The standard InChI is InChI=1S/C8H14N2O3/c11-5-8(13)10-3-1-7(2-4-10)9-6-12/h6-7,11H,1-5H2,(H,9,12). The lowest BCUT2D eigenvalue weighted by molar-refractivity contribution is -0.135. The molecular formula is C8H14N2O3. The molecule has 1 heterocycles. The smallest absolute Gasteiger partial charge is 0.248 e. The Hall–Kier alpha value is -1.10. The van der Waals surface area contributed by atoms with Crippen molar-refractivity contribution in [2.45, 2.75) is 18.9 Å². The average Bonchev–Trinajstić information content (AvgIpc) is 2.18. The molecule has 13 heavy (non-hydrogen) atoms. The number of carbonyl (C=O) groups is 2. The minimum atomic E-state index is -0.425. The Balaban J connectivity index is 2.30. The number of likely N-dealkylation sites (tertiary alicyclic amines) is 1. The van der Waals surface area contributed by atoms with Crippen molar-refractivity contribution in [2.75, 3.05) is 19.7 Å². The molecule has 2 N–H and O–H groups in total. The van der Waals surface area contributed by atoms with Gasteiger partial charge in [0.25, 0.3) is 0 Å². The minimum absolute atomic E-state index is 0.181. The van der Waals surface area contributed by atoms with E-state index in [1.807, 2.05) is 0 Å². The molecule has 0 radical (unpaired) electrons. The topological polar surface area (TPSA) is 69.6 Å². The van der Waals surface area contributed by atoms with Crippen LogP contribution in [0.15, 0.2) is 0 Å². The normalized spacial score (nSPS) is 18.4. The SMILES string of the molecule is O=CNC1CCN(C(=O)CO)CC1. The average molecular weight is 186 g/mol. The van der Waals surface area contributed by atoms with Crippen LogP contribution in [0.25, 0.3) is 0 Å². The van der Waals surface area contributed by atoms with Gasteiger partial charge in [-0.05, 0) is 12.8 Å². The summed E-state index contributed by atoms with van der Waals surface area (Å²) in [4.78, 5) is 22.7. The summed E-state index contributed by atoms with van der Waals surface area (Å²) in [6.45, 7) is 0.807. The van der Waals surface area contributed by atoms with Gasteiger partial charge in [0.05, 0.1) is 0 Å². The first kappa shape index (κ1) is 9.98. The van der Waals surface area contributed by atoms with E-state index in [4.69, 9.17) is 5.11 Å². The van der Waals surface area contributed by atoms with Crippen LogP contribution in [0, 0.1) is 0 Å². The summed E-state index contributed by atoms with van der Waals surface area (Å²) in [6.07, 6.45) is 2.23. The van der Waals surface area contributed by atoms with Gasteiger partial charge in [0, 0.05) is 19.1 Å². The molecule has 1 rings (SSSR count). The van der Waals surface area contributed by atoms with Crippen LogP contribution < -0.4 is 5.32 Å². The van der Waals surface area contributed by atoms with Gasteiger partial charge in [-0.15, -0.1) is 0 Å². The second-order valence-electron chi connectivity index (χ2n) is 3.10. The van der Waals surface area contributed by atoms with Crippen LogP contribution in [0.3, 0.4) is 0 Å². The van der Waals surface area contributed by atoms with Gasteiger partial charge in [0.15, 0.2) is 0 Å². The highest BCUT2D eigenvalue weighted by Crippen LogP contribution is 2.09. The van der Waals surface area contributed by atoms with Gasteiger partial charge < -0.3 is 15.3 Å². The molecule has 0 bridgehead atoms. The summed E-state index contributed by atoms with van der Waals surface area (Å²) in [5.74, 6) is -0.232. The molecule has 1 saturated heterocycles. The van der Waals surface area contributed by atoms with E-state index < -0.39 is 6.61 Å². The van der Waals surface area contributed by atoms with Crippen LogP contribution >= 0.6 is 0 Å². The summed E-state index contributed by atoms with van der Waals surface area (Å²) in [7, 11) is 0. The Bertz CT molecular complexity index is 188. The van der Waals surface area contributed by atoms with Gasteiger partial charge >= 0.3 is 0 Å². The molecule has 74 valence electrons. The highest BCUT2D eigenvalue weighted by molar-refractivity contribution is 5.77. The van der Waals surface area contributed by atoms with Gasteiger partial charge in [-0.1, -0.05) is 0 Å². The van der Waals surface area contributed by atoms with Crippen molar-refractivity contribution in [1.29, 1.82) is 0 Å². The van der Waals surface area contributed by atoms with Crippen LogP contribution in [-0.4, -0.2) is 48.1 Å². The number of piperidine rings is 1. The lowest BCUT2D eigenvalue weighted by Crippen LogP contribution is -2.45. The second kappa shape index (κ2) is 4.81. The van der Waals surface area contributed by atoms with E-state index in [2.05, 4.69) is 5.32 Å². The van der Waals surface area contributed by atoms with E-state index >= 15 is 0 Å². The molecule has 1 aliphatic rings. The maximum atomic E-state index is 11.0. The lowest BCUT2D eigenvalue weighted by Gasteiger charge is -2.31. The predicted octanol–water partition coefficient (Wildman–Crippen LogP) is -1.28. The number of nitrogens with one attached hydrogen (secondary N) is 1. The monoisotopic (exact) mass is 186 g/mol. The molecule has 0 atom stereocenters. The summed E-state index contributed by atoms with van der Waals surface area (Å²) in [5, 5.41) is 11.3. The molecule has 0 aromatic rings.